The fraction of sp³-hybridized carbons (Fsp3) is 0.929. The maximum atomic E-state index is 12.1. The van der Waals surface area contributed by atoms with Gasteiger partial charge in [0.15, 0.2) is 0 Å². The molecule has 1 aliphatic heterocycles. The zero-order valence-electron chi connectivity index (χ0n) is 11.2. The zero-order valence-corrected chi connectivity index (χ0v) is 11.2. The number of carbonyl (C=O) groups excluding carboxylic acids is 1. The summed E-state index contributed by atoms with van der Waals surface area (Å²) in [4.78, 5) is 12.1. The van der Waals surface area contributed by atoms with E-state index in [2.05, 4.69) is 24.5 Å². The molecule has 17 heavy (non-hydrogen) atoms. The molecular formula is C14H26N2O. The van der Waals surface area contributed by atoms with Gasteiger partial charge in [0.2, 0.25) is 5.91 Å². The lowest BCUT2D eigenvalue weighted by atomic mass is 9.80. The number of nitrogens with one attached hydrogen (secondary N) is 2. The Hall–Kier alpha value is -0.570. The number of carbonyl (C=O) groups is 1. The van der Waals surface area contributed by atoms with Gasteiger partial charge in [-0.1, -0.05) is 13.8 Å². The molecule has 3 unspecified atom stereocenters. The molecule has 1 amide bonds. The van der Waals surface area contributed by atoms with Crippen molar-refractivity contribution < 1.29 is 4.79 Å². The van der Waals surface area contributed by atoms with Crippen molar-refractivity contribution >= 4 is 5.91 Å². The molecule has 1 heterocycles. The number of hydrogen-bond acceptors (Lipinski definition) is 2. The quantitative estimate of drug-likeness (QED) is 0.772. The molecule has 2 fully saturated rings. The highest BCUT2D eigenvalue weighted by Gasteiger charge is 2.28. The van der Waals surface area contributed by atoms with Crippen LogP contribution in [-0.4, -0.2) is 25.0 Å². The van der Waals surface area contributed by atoms with E-state index in [1.54, 1.807) is 0 Å². The zero-order chi connectivity index (χ0) is 12.3. The van der Waals surface area contributed by atoms with Crippen LogP contribution >= 0.6 is 0 Å². The second kappa shape index (κ2) is 5.85. The Morgan fingerprint density at radius 1 is 1.18 bits per heavy atom. The summed E-state index contributed by atoms with van der Waals surface area (Å²) >= 11 is 0. The molecule has 2 N–H and O–H groups in total. The molecule has 2 aliphatic rings. The molecule has 3 heteroatoms. The average Bonchev–Trinajstić information content (AvgIpc) is 2.28. The van der Waals surface area contributed by atoms with Crippen molar-refractivity contribution in [1.82, 2.24) is 10.6 Å². The minimum atomic E-state index is 0.205. The molecule has 1 aliphatic carbocycles. The van der Waals surface area contributed by atoms with E-state index in [1.807, 2.05) is 0 Å². The molecule has 0 aromatic carbocycles. The third-order valence-electron chi connectivity index (χ3n) is 4.19. The molecule has 3 atom stereocenters. The van der Waals surface area contributed by atoms with Crippen LogP contribution in [0.15, 0.2) is 0 Å². The Balaban J connectivity index is 1.80. The summed E-state index contributed by atoms with van der Waals surface area (Å²) in [5.74, 6) is 2.00. The monoisotopic (exact) mass is 238 g/mol. The van der Waals surface area contributed by atoms with Crippen molar-refractivity contribution in [2.75, 3.05) is 13.1 Å². The number of amides is 1. The normalized spacial score (nSPS) is 38.7. The third kappa shape index (κ3) is 3.70. The molecule has 0 aromatic rings. The van der Waals surface area contributed by atoms with Gasteiger partial charge in [-0.15, -0.1) is 0 Å². The smallest absolute Gasteiger partial charge is 0.224 e. The Kier molecular flexibility index (Phi) is 4.43. The van der Waals surface area contributed by atoms with E-state index in [-0.39, 0.29) is 11.8 Å². The number of rotatable bonds is 2. The van der Waals surface area contributed by atoms with Gasteiger partial charge in [-0.25, -0.2) is 0 Å². The highest BCUT2D eigenvalue weighted by Crippen LogP contribution is 2.28. The maximum absolute atomic E-state index is 12.1. The van der Waals surface area contributed by atoms with E-state index in [1.165, 1.54) is 6.42 Å². The van der Waals surface area contributed by atoms with Crippen molar-refractivity contribution in [2.24, 2.45) is 17.8 Å². The van der Waals surface area contributed by atoms with Crippen LogP contribution in [0, 0.1) is 17.8 Å². The highest BCUT2D eigenvalue weighted by molar-refractivity contribution is 5.79. The van der Waals surface area contributed by atoms with Gasteiger partial charge in [-0.05, 0) is 50.5 Å². The molecule has 0 radical (unpaired) electrons. The summed E-state index contributed by atoms with van der Waals surface area (Å²) in [6, 6.07) is 0.420. The highest BCUT2D eigenvalue weighted by atomic mass is 16.2. The van der Waals surface area contributed by atoms with Gasteiger partial charge in [0.05, 0.1) is 5.92 Å². The lowest BCUT2D eigenvalue weighted by Gasteiger charge is -2.33. The predicted octanol–water partition coefficient (Wildman–Crippen LogP) is 1.93. The molecule has 0 aromatic heterocycles. The average molecular weight is 238 g/mol. The van der Waals surface area contributed by atoms with Crippen LogP contribution in [0.25, 0.3) is 0 Å². The van der Waals surface area contributed by atoms with Gasteiger partial charge in [0.1, 0.15) is 0 Å². The summed E-state index contributed by atoms with van der Waals surface area (Å²) < 4.78 is 0. The van der Waals surface area contributed by atoms with Gasteiger partial charge in [0, 0.05) is 12.6 Å². The van der Waals surface area contributed by atoms with E-state index >= 15 is 0 Å². The van der Waals surface area contributed by atoms with Gasteiger partial charge in [-0.2, -0.15) is 0 Å². The second-order valence-electron chi connectivity index (χ2n) is 6.17. The lowest BCUT2D eigenvalue weighted by molar-refractivity contribution is -0.126. The predicted molar refractivity (Wildman–Crippen MR) is 69.7 cm³/mol. The summed E-state index contributed by atoms with van der Waals surface area (Å²) in [6.07, 6.45) is 5.83. The van der Waals surface area contributed by atoms with Crippen LogP contribution in [0.2, 0.25) is 0 Å². The fourth-order valence-electron chi connectivity index (χ4n) is 3.46. The first-order valence-electron chi connectivity index (χ1n) is 7.16. The summed E-state index contributed by atoms with van der Waals surface area (Å²) in [5, 5.41) is 6.58. The fourth-order valence-corrected chi connectivity index (χ4v) is 3.46. The first-order valence-corrected chi connectivity index (χ1v) is 7.16. The molecule has 1 saturated heterocycles. The van der Waals surface area contributed by atoms with E-state index < -0.39 is 0 Å². The third-order valence-corrected chi connectivity index (χ3v) is 4.19. The van der Waals surface area contributed by atoms with Gasteiger partial charge < -0.3 is 10.6 Å². The summed E-state index contributed by atoms with van der Waals surface area (Å²) in [5.41, 5.74) is 0. The van der Waals surface area contributed by atoms with Crippen LogP contribution in [0.4, 0.5) is 0 Å². The largest absolute Gasteiger partial charge is 0.353 e. The van der Waals surface area contributed by atoms with Crippen LogP contribution in [0.5, 0.6) is 0 Å². The summed E-state index contributed by atoms with van der Waals surface area (Å²) in [7, 11) is 0. The molecule has 0 bridgehead atoms. The Labute approximate surface area is 105 Å². The van der Waals surface area contributed by atoms with Crippen molar-refractivity contribution in [2.45, 2.75) is 52.0 Å². The van der Waals surface area contributed by atoms with Crippen molar-refractivity contribution in [3.8, 4) is 0 Å². The Morgan fingerprint density at radius 3 is 2.47 bits per heavy atom. The molecule has 0 spiro atoms. The topological polar surface area (TPSA) is 41.1 Å². The maximum Gasteiger partial charge on any atom is 0.224 e. The molecule has 3 nitrogen and oxygen atoms in total. The number of piperidine rings is 1. The lowest BCUT2D eigenvalue weighted by Crippen LogP contribution is -2.46. The minimum absolute atomic E-state index is 0.205. The van der Waals surface area contributed by atoms with Crippen LogP contribution in [0.3, 0.4) is 0 Å². The number of hydrogen-bond donors (Lipinski definition) is 2. The first kappa shape index (κ1) is 12.9. The second-order valence-corrected chi connectivity index (χ2v) is 6.17. The van der Waals surface area contributed by atoms with Gasteiger partial charge in [-0.3, -0.25) is 4.79 Å². The summed E-state index contributed by atoms with van der Waals surface area (Å²) in [6.45, 7) is 6.54. The van der Waals surface area contributed by atoms with Crippen molar-refractivity contribution in [3.05, 3.63) is 0 Å². The van der Waals surface area contributed by atoms with Crippen LogP contribution < -0.4 is 10.6 Å². The first-order chi connectivity index (χ1) is 8.15. The van der Waals surface area contributed by atoms with E-state index in [0.717, 1.165) is 50.6 Å². The van der Waals surface area contributed by atoms with E-state index in [4.69, 9.17) is 0 Å². The molecule has 2 rings (SSSR count). The molecular weight excluding hydrogens is 212 g/mol. The minimum Gasteiger partial charge on any atom is -0.353 e. The van der Waals surface area contributed by atoms with Crippen molar-refractivity contribution in [3.63, 3.8) is 0 Å². The molecule has 98 valence electrons. The Bertz CT molecular complexity index is 251. The standard InChI is InChI=1S/C14H26N2O/c1-10-6-11(2)8-13(7-10)16-14(17)12-4-3-5-15-9-12/h10-13,15H,3-9H2,1-2H3,(H,16,17). The SMILES string of the molecule is CC1CC(C)CC(NC(=O)C2CCCNC2)C1. The van der Waals surface area contributed by atoms with E-state index in [0.29, 0.717) is 6.04 Å². The molecule has 1 saturated carbocycles. The van der Waals surface area contributed by atoms with E-state index in [9.17, 15) is 4.79 Å². The van der Waals surface area contributed by atoms with Crippen LogP contribution in [0.1, 0.15) is 46.0 Å². The van der Waals surface area contributed by atoms with Crippen molar-refractivity contribution in [1.29, 1.82) is 0 Å². The van der Waals surface area contributed by atoms with Gasteiger partial charge in [0.25, 0.3) is 0 Å². The Morgan fingerprint density at radius 2 is 1.88 bits per heavy atom. The van der Waals surface area contributed by atoms with Crippen LogP contribution in [-0.2, 0) is 4.79 Å². The van der Waals surface area contributed by atoms with Gasteiger partial charge >= 0.3 is 0 Å².